The summed E-state index contributed by atoms with van der Waals surface area (Å²) in [7, 11) is 3.60. The van der Waals surface area contributed by atoms with E-state index < -0.39 is 5.54 Å². The Morgan fingerprint density at radius 3 is 1.86 bits per heavy atom. The molecule has 0 amide bonds. The number of morpholine rings is 1. The van der Waals surface area contributed by atoms with Crippen LogP contribution < -0.4 is 4.90 Å². The largest absolute Gasteiger partial charge is 0.378 e. The smallest absolute Gasteiger partial charge is 0.191 e. The molecule has 0 radical (unpaired) electrons. The molecule has 1 aliphatic heterocycles. The Hall–Kier alpha value is -2.50. The molecule has 0 N–H and O–H groups in total. The van der Waals surface area contributed by atoms with Crippen molar-refractivity contribution in [3.05, 3.63) is 65.2 Å². The van der Waals surface area contributed by atoms with Crippen LogP contribution in [-0.4, -0.2) is 62.4 Å². The molecule has 0 aromatic heterocycles. The maximum Gasteiger partial charge on any atom is 0.191 e. The predicted octanol–water partition coefficient (Wildman–Crippen LogP) is 3.61. The zero-order chi connectivity index (χ0) is 21.0. The number of rotatable bonds is 7. The molecule has 5 nitrogen and oxygen atoms in total. The van der Waals surface area contributed by atoms with E-state index in [1.54, 1.807) is 31.1 Å². The van der Waals surface area contributed by atoms with Gasteiger partial charge in [0.25, 0.3) is 0 Å². The summed E-state index contributed by atoms with van der Waals surface area (Å²) in [4.78, 5) is 31.1. The fraction of sp³-hybridized carbons (Fsp3) is 0.417. The van der Waals surface area contributed by atoms with Crippen LogP contribution >= 0.6 is 0 Å². The quantitative estimate of drug-likeness (QED) is 0.530. The number of nitrogens with zero attached hydrogens (tertiary/aromatic N) is 2. The minimum Gasteiger partial charge on any atom is -0.378 e. The van der Waals surface area contributed by atoms with Gasteiger partial charge in [0.1, 0.15) is 5.54 Å². The number of carbonyl (C=O) groups excluding carboxylic acids is 2. The first-order valence-corrected chi connectivity index (χ1v) is 10.2. The Bertz CT molecular complexity index is 853. The van der Waals surface area contributed by atoms with Crippen molar-refractivity contribution >= 4 is 17.3 Å². The minimum atomic E-state index is -1.23. The summed E-state index contributed by atoms with van der Waals surface area (Å²) in [6.07, 6.45) is 0.400. The number of Topliss-reactive ketones (excluding diaryl/α,β-unsaturated/α-hetero) is 2. The van der Waals surface area contributed by atoms with Gasteiger partial charge < -0.3 is 9.64 Å². The molecule has 1 heterocycles. The summed E-state index contributed by atoms with van der Waals surface area (Å²) in [5.74, 6) is -0.323. The average Bonchev–Trinajstić information content (AvgIpc) is 2.75. The Balaban J connectivity index is 1.92. The molecule has 1 aliphatic rings. The lowest BCUT2D eigenvalue weighted by Gasteiger charge is -2.36. The highest BCUT2D eigenvalue weighted by Crippen LogP contribution is 2.29. The van der Waals surface area contributed by atoms with Crippen LogP contribution in [0.5, 0.6) is 0 Å². The van der Waals surface area contributed by atoms with Gasteiger partial charge in [-0.15, -0.1) is 0 Å². The van der Waals surface area contributed by atoms with Gasteiger partial charge in [0, 0.05) is 29.9 Å². The monoisotopic (exact) mass is 394 g/mol. The van der Waals surface area contributed by atoms with Gasteiger partial charge in [-0.3, -0.25) is 14.5 Å². The third-order valence-corrected chi connectivity index (χ3v) is 5.85. The SMILES string of the molecule is CCC(C(=O)c1ccc(C)cc1)(C(=O)c1ccc(N2CCOCC2)cc1)N(C)C. The molecule has 154 valence electrons. The first kappa shape index (κ1) is 21.2. The topological polar surface area (TPSA) is 49.9 Å². The van der Waals surface area contributed by atoms with E-state index in [1.807, 2.05) is 50.2 Å². The number of hydrogen-bond acceptors (Lipinski definition) is 5. The molecule has 1 fully saturated rings. The Morgan fingerprint density at radius 2 is 1.41 bits per heavy atom. The van der Waals surface area contributed by atoms with Crippen LogP contribution in [0.4, 0.5) is 5.69 Å². The van der Waals surface area contributed by atoms with Crippen molar-refractivity contribution in [1.29, 1.82) is 0 Å². The maximum absolute atomic E-state index is 13.6. The van der Waals surface area contributed by atoms with Gasteiger partial charge in [-0.25, -0.2) is 0 Å². The molecule has 0 spiro atoms. The lowest BCUT2D eigenvalue weighted by Crippen LogP contribution is -2.57. The zero-order valence-electron chi connectivity index (χ0n) is 17.8. The van der Waals surface area contributed by atoms with Crippen molar-refractivity contribution in [1.82, 2.24) is 4.90 Å². The van der Waals surface area contributed by atoms with Crippen LogP contribution in [0.2, 0.25) is 0 Å². The number of hydrogen-bond donors (Lipinski definition) is 0. The second-order valence-electron chi connectivity index (χ2n) is 7.78. The van der Waals surface area contributed by atoms with Crippen LogP contribution in [0.15, 0.2) is 48.5 Å². The van der Waals surface area contributed by atoms with E-state index in [-0.39, 0.29) is 11.6 Å². The first-order chi connectivity index (χ1) is 13.9. The Morgan fingerprint density at radius 1 is 0.931 bits per heavy atom. The Labute approximate surface area is 173 Å². The first-order valence-electron chi connectivity index (χ1n) is 10.2. The number of aryl methyl sites for hydroxylation is 1. The molecule has 5 heteroatoms. The fourth-order valence-corrected chi connectivity index (χ4v) is 3.97. The van der Waals surface area contributed by atoms with E-state index in [2.05, 4.69) is 4.90 Å². The molecule has 1 atom stereocenters. The third kappa shape index (κ3) is 4.11. The van der Waals surface area contributed by atoms with E-state index in [4.69, 9.17) is 4.74 Å². The molecule has 2 aromatic rings. The number of carbonyl (C=O) groups is 2. The number of likely N-dealkylation sites (N-methyl/N-ethyl adjacent to an activating group) is 1. The predicted molar refractivity (Wildman–Crippen MR) is 116 cm³/mol. The van der Waals surface area contributed by atoms with Crippen LogP contribution in [-0.2, 0) is 4.74 Å². The highest BCUT2D eigenvalue weighted by Gasteiger charge is 2.46. The van der Waals surface area contributed by atoms with Gasteiger partial charge in [-0.05, 0) is 51.7 Å². The van der Waals surface area contributed by atoms with E-state index >= 15 is 0 Å². The summed E-state index contributed by atoms with van der Waals surface area (Å²) in [5, 5.41) is 0. The van der Waals surface area contributed by atoms with E-state index in [1.165, 1.54) is 0 Å². The van der Waals surface area contributed by atoms with E-state index in [0.29, 0.717) is 30.8 Å². The average molecular weight is 395 g/mol. The maximum atomic E-state index is 13.6. The number of anilines is 1. The van der Waals surface area contributed by atoms with Crippen molar-refractivity contribution in [2.24, 2.45) is 0 Å². The summed E-state index contributed by atoms with van der Waals surface area (Å²) in [5.41, 5.74) is 2.04. The van der Waals surface area contributed by atoms with Crippen molar-refractivity contribution in [2.75, 3.05) is 45.3 Å². The standard InChI is InChI=1S/C24H30N2O3/c1-5-24(25(3)4,22(27)19-8-6-18(2)7-9-19)23(28)20-10-12-21(13-11-20)26-14-16-29-17-15-26/h6-13H,5,14-17H2,1-4H3. The van der Waals surface area contributed by atoms with Crippen LogP contribution in [0.25, 0.3) is 0 Å². The van der Waals surface area contributed by atoms with Gasteiger partial charge >= 0.3 is 0 Å². The number of ketones is 2. The highest BCUT2D eigenvalue weighted by atomic mass is 16.5. The number of ether oxygens (including phenoxy) is 1. The summed E-state index contributed by atoms with van der Waals surface area (Å²) >= 11 is 0. The zero-order valence-corrected chi connectivity index (χ0v) is 17.8. The van der Waals surface area contributed by atoms with Crippen molar-refractivity contribution in [2.45, 2.75) is 25.8 Å². The molecular weight excluding hydrogens is 364 g/mol. The molecule has 1 unspecified atom stereocenters. The third-order valence-electron chi connectivity index (χ3n) is 5.85. The number of benzene rings is 2. The molecule has 0 bridgehead atoms. The minimum absolute atomic E-state index is 0.160. The van der Waals surface area contributed by atoms with Gasteiger partial charge in [0.05, 0.1) is 13.2 Å². The van der Waals surface area contributed by atoms with Crippen LogP contribution in [0, 0.1) is 6.92 Å². The second-order valence-corrected chi connectivity index (χ2v) is 7.78. The normalized spacial score (nSPS) is 16.5. The molecule has 2 aromatic carbocycles. The summed E-state index contributed by atoms with van der Waals surface area (Å²) < 4.78 is 5.41. The van der Waals surface area contributed by atoms with Crippen molar-refractivity contribution in [3.63, 3.8) is 0 Å². The van der Waals surface area contributed by atoms with E-state index in [0.717, 1.165) is 24.3 Å². The van der Waals surface area contributed by atoms with Gasteiger partial charge in [0.15, 0.2) is 11.6 Å². The van der Waals surface area contributed by atoms with E-state index in [9.17, 15) is 9.59 Å². The van der Waals surface area contributed by atoms with Gasteiger partial charge in [-0.2, -0.15) is 0 Å². The van der Waals surface area contributed by atoms with Crippen molar-refractivity contribution < 1.29 is 14.3 Å². The van der Waals surface area contributed by atoms with Crippen LogP contribution in [0.3, 0.4) is 0 Å². The molecular formula is C24H30N2O3. The summed E-state index contributed by atoms with van der Waals surface area (Å²) in [6.45, 7) is 6.99. The van der Waals surface area contributed by atoms with Crippen LogP contribution in [0.1, 0.15) is 39.6 Å². The molecule has 0 aliphatic carbocycles. The summed E-state index contributed by atoms with van der Waals surface area (Å²) in [6, 6.07) is 15.0. The second kappa shape index (κ2) is 8.89. The molecule has 0 saturated carbocycles. The highest BCUT2D eigenvalue weighted by molar-refractivity contribution is 6.23. The van der Waals surface area contributed by atoms with Gasteiger partial charge in [0.2, 0.25) is 0 Å². The lowest BCUT2D eigenvalue weighted by atomic mass is 9.79. The fourth-order valence-electron chi connectivity index (χ4n) is 3.97. The van der Waals surface area contributed by atoms with Gasteiger partial charge in [-0.1, -0.05) is 36.8 Å². The Kier molecular flexibility index (Phi) is 6.50. The molecule has 1 saturated heterocycles. The lowest BCUT2D eigenvalue weighted by molar-refractivity contribution is 0.0555. The molecule has 29 heavy (non-hydrogen) atoms. The van der Waals surface area contributed by atoms with Crippen molar-refractivity contribution in [3.8, 4) is 0 Å². The molecule has 3 rings (SSSR count).